The SMILES string of the molecule is CCCCSc1nnc(SC(C)c2ccccc2)s1. The third-order valence-electron chi connectivity index (χ3n) is 2.66. The smallest absolute Gasteiger partial charge is 0.131 e. The van der Waals surface area contributed by atoms with Crippen molar-refractivity contribution >= 4 is 34.9 Å². The zero-order chi connectivity index (χ0) is 13.5. The van der Waals surface area contributed by atoms with E-state index in [4.69, 9.17) is 0 Å². The molecule has 1 unspecified atom stereocenters. The lowest BCUT2D eigenvalue weighted by atomic mass is 10.2. The van der Waals surface area contributed by atoms with Crippen LogP contribution in [-0.4, -0.2) is 16.0 Å². The monoisotopic (exact) mass is 310 g/mol. The van der Waals surface area contributed by atoms with Gasteiger partial charge in [0.05, 0.1) is 0 Å². The molecule has 1 atom stereocenters. The quantitative estimate of drug-likeness (QED) is 0.513. The van der Waals surface area contributed by atoms with Crippen LogP contribution in [0.15, 0.2) is 39.0 Å². The lowest BCUT2D eigenvalue weighted by Gasteiger charge is -2.08. The normalized spacial score (nSPS) is 12.5. The molecule has 0 radical (unpaired) electrons. The molecule has 19 heavy (non-hydrogen) atoms. The van der Waals surface area contributed by atoms with Crippen molar-refractivity contribution in [3.05, 3.63) is 35.9 Å². The van der Waals surface area contributed by atoms with Gasteiger partial charge in [0.1, 0.15) is 0 Å². The molecule has 0 saturated heterocycles. The maximum atomic E-state index is 4.27. The fourth-order valence-corrected chi connectivity index (χ4v) is 5.00. The molecule has 2 nitrogen and oxygen atoms in total. The van der Waals surface area contributed by atoms with E-state index >= 15 is 0 Å². The van der Waals surface area contributed by atoms with Crippen LogP contribution in [0.1, 0.15) is 37.5 Å². The Bertz CT molecular complexity index is 484. The maximum absolute atomic E-state index is 4.27. The first-order valence-corrected chi connectivity index (χ1v) is 9.15. The van der Waals surface area contributed by atoms with Gasteiger partial charge in [-0.15, -0.1) is 10.2 Å². The van der Waals surface area contributed by atoms with Gasteiger partial charge >= 0.3 is 0 Å². The van der Waals surface area contributed by atoms with Crippen LogP contribution in [0.25, 0.3) is 0 Å². The van der Waals surface area contributed by atoms with E-state index in [1.54, 1.807) is 23.1 Å². The lowest BCUT2D eigenvalue weighted by molar-refractivity contribution is 0.892. The first-order chi connectivity index (χ1) is 9.29. The molecule has 2 rings (SSSR count). The van der Waals surface area contributed by atoms with E-state index < -0.39 is 0 Å². The summed E-state index contributed by atoms with van der Waals surface area (Å²) in [7, 11) is 0. The van der Waals surface area contributed by atoms with Crippen molar-refractivity contribution in [1.82, 2.24) is 10.2 Å². The summed E-state index contributed by atoms with van der Waals surface area (Å²) in [4.78, 5) is 0. The van der Waals surface area contributed by atoms with Crippen molar-refractivity contribution in [3.63, 3.8) is 0 Å². The second kappa shape index (κ2) is 7.92. The third kappa shape index (κ3) is 4.82. The summed E-state index contributed by atoms with van der Waals surface area (Å²) in [5.74, 6) is 1.14. The molecule has 0 bridgehead atoms. The van der Waals surface area contributed by atoms with Gasteiger partial charge in [0.2, 0.25) is 0 Å². The van der Waals surface area contributed by atoms with Gasteiger partial charge in [-0.05, 0) is 18.9 Å². The van der Waals surface area contributed by atoms with Crippen molar-refractivity contribution in [3.8, 4) is 0 Å². The number of unbranched alkanes of at least 4 members (excludes halogenated alkanes) is 1. The molecule has 0 aliphatic rings. The Labute approximate surface area is 127 Å². The highest BCUT2D eigenvalue weighted by molar-refractivity contribution is 8.03. The van der Waals surface area contributed by atoms with Gasteiger partial charge in [0.25, 0.3) is 0 Å². The number of benzene rings is 1. The van der Waals surface area contributed by atoms with Crippen molar-refractivity contribution in [2.24, 2.45) is 0 Å². The first-order valence-electron chi connectivity index (χ1n) is 6.47. The molecule has 1 aromatic carbocycles. The highest BCUT2D eigenvalue weighted by atomic mass is 32.2. The predicted molar refractivity (Wildman–Crippen MR) is 86.3 cm³/mol. The molecule has 2 aromatic rings. The Morgan fingerprint density at radius 1 is 1.16 bits per heavy atom. The predicted octanol–water partition coefficient (Wildman–Crippen LogP) is 5.28. The highest BCUT2D eigenvalue weighted by Gasteiger charge is 2.11. The van der Waals surface area contributed by atoms with E-state index in [9.17, 15) is 0 Å². The van der Waals surface area contributed by atoms with Crippen LogP contribution in [0.5, 0.6) is 0 Å². The molecule has 5 heteroatoms. The van der Waals surface area contributed by atoms with Crippen LogP contribution >= 0.6 is 34.9 Å². The molecule has 102 valence electrons. The van der Waals surface area contributed by atoms with E-state index in [-0.39, 0.29) is 0 Å². The standard InChI is InChI=1S/C14H18N2S3/c1-3-4-10-17-13-15-16-14(19-13)18-11(2)12-8-6-5-7-9-12/h5-9,11H,3-4,10H2,1-2H3. The van der Waals surface area contributed by atoms with Gasteiger partial charge in [-0.2, -0.15) is 0 Å². The molecule has 1 aromatic heterocycles. The van der Waals surface area contributed by atoms with Gasteiger partial charge in [-0.3, -0.25) is 0 Å². The fraction of sp³-hybridized carbons (Fsp3) is 0.429. The molecule has 1 heterocycles. The molecular weight excluding hydrogens is 292 g/mol. The van der Waals surface area contributed by atoms with E-state index in [0.29, 0.717) is 5.25 Å². The largest absolute Gasteiger partial charge is 0.175 e. The number of hydrogen-bond acceptors (Lipinski definition) is 5. The van der Waals surface area contributed by atoms with Crippen LogP contribution in [0.2, 0.25) is 0 Å². The highest BCUT2D eigenvalue weighted by Crippen LogP contribution is 2.38. The van der Waals surface area contributed by atoms with E-state index in [2.05, 4.69) is 48.3 Å². The second-order valence-electron chi connectivity index (χ2n) is 4.21. The Morgan fingerprint density at radius 2 is 1.89 bits per heavy atom. The minimum atomic E-state index is 0.419. The molecule has 0 spiro atoms. The van der Waals surface area contributed by atoms with Gasteiger partial charge in [0, 0.05) is 11.0 Å². The summed E-state index contributed by atoms with van der Waals surface area (Å²) >= 11 is 5.32. The van der Waals surface area contributed by atoms with E-state index in [1.165, 1.54) is 18.4 Å². The van der Waals surface area contributed by atoms with E-state index in [0.717, 1.165) is 14.4 Å². The minimum absolute atomic E-state index is 0.419. The second-order valence-corrected chi connectivity index (χ2v) is 8.11. The van der Waals surface area contributed by atoms with Crippen molar-refractivity contribution in [2.75, 3.05) is 5.75 Å². The van der Waals surface area contributed by atoms with Gasteiger partial charge in [-0.25, -0.2) is 0 Å². The Kier molecular flexibility index (Phi) is 6.20. The van der Waals surface area contributed by atoms with Crippen molar-refractivity contribution in [1.29, 1.82) is 0 Å². The number of hydrogen-bond donors (Lipinski definition) is 0. The Hall–Kier alpha value is -0.520. The molecule has 0 aliphatic heterocycles. The number of nitrogens with zero attached hydrogens (tertiary/aromatic N) is 2. The van der Waals surface area contributed by atoms with Crippen LogP contribution in [0, 0.1) is 0 Å². The Balaban J connectivity index is 1.89. The van der Waals surface area contributed by atoms with Crippen LogP contribution < -0.4 is 0 Å². The van der Waals surface area contributed by atoms with Gasteiger partial charge in [0.15, 0.2) is 8.68 Å². The zero-order valence-corrected chi connectivity index (χ0v) is 13.7. The van der Waals surface area contributed by atoms with Crippen molar-refractivity contribution < 1.29 is 0 Å². The molecule has 0 fully saturated rings. The minimum Gasteiger partial charge on any atom is -0.131 e. The Morgan fingerprint density at radius 3 is 2.63 bits per heavy atom. The first kappa shape index (κ1) is 14.9. The van der Waals surface area contributed by atoms with Crippen molar-refractivity contribution in [2.45, 2.75) is 40.6 Å². The van der Waals surface area contributed by atoms with Crippen LogP contribution in [0.4, 0.5) is 0 Å². The summed E-state index contributed by atoms with van der Waals surface area (Å²) in [6.45, 7) is 4.43. The molecule has 0 aliphatic carbocycles. The van der Waals surface area contributed by atoms with E-state index in [1.807, 2.05) is 17.8 Å². The summed E-state index contributed by atoms with van der Waals surface area (Å²) < 4.78 is 2.16. The number of rotatable bonds is 7. The summed E-state index contributed by atoms with van der Waals surface area (Å²) in [5, 5.41) is 8.94. The average molecular weight is 311 g/mol. The average Bonchev–Trinajstić information content (AvgIpc) is 2.88. The molecule has 0 saturated carbocycles. The maximum Gasteiger partial charge on any atom is 0.175 e. The lowest BCUT2D eigenvalue weighted by Crippen LogP contribution is -1.86. The molecule has 0 N–H and O–H groups in total. The van der Waals surface area contributed by atoms with Crippen LogP contribution in [-0.2, 0) is 0 Å². The molecular formula is C14H18N2S3. The molecule has 0 amide bonds. The summed E-state index contributed by atoms with van der Waals surface area (Å²) in [6, 6.07) is 10.5. The topological polar surface area (TPSA) is 25.8 Å². The third-order valence-corrected chi connectivity index (χ3v) is 6.04. The zero-order valence-electron chi connectivity index (χ0n) is 11.2. The summed E-state index contributed by atoms with van der Waals surface area (Å²) in [5.41, 5.74) is 1.34. The summed E-state index contributed by atoms with van der Waals surface area (Å²) in [6.07, 6.45) is 2.48. The number of aromatic nitrogens is 2. The van der Waals surface area contributed by atoms with Gasteiger partial charge in [-0.1, -0.05) is 78.5 Å². The number of thioether (sulfide) groups is 2. The fourth-order valence-electron chi connectivity index (χ4n) is 1.55. The van der Waals surface area contributed by atoms with Gasteiger partial charge < -0.3 is 0 Å². The van der Waals surface area contributed by atoms with Crippen LogP contribution in [0.3, 0.4) is 0 Å².